The van der Waals surface area contributed by atoms with Crippen molar-refractivity contribution in [3.63, 3.8) is 0 Å². The molecule has 3 heterocycles. The standard InChI is InChI=1S/C25H29N5O2/c1-32-19-3-5-22-21(13-19)20(6-9-26-22)25(31)15-30-10-7-18(8-11-30)27-14-17-2-4-23-24(12-17)29-16-28-23/h2-6,9,12-13,16,18,25,27,31H,7-8,10-11,14-15H2,1H3,(H,28,29). The second-order valence-corrected chi connectivity index (χ2v) is 8.51. The summed E-state index contributed by atoms with van der Waals surface area (Å²) in [5.41, 5.74) is 5.12. The van der Waals surface area contributed by atoms with E-state index in [-0.39, 0.29) is 0 Å². The SMILES string of the molecule is COc1ccc2nccc(C(O)CN3CCC(NCc4ccc5nc[nH]c5c4)CC3)c2c1. The van der Waals surface area contributed by atoms with E-state index in [4.69, 9.17) is 4.74 Å². The predicted molar refractivity (Wildman–Crippen MR) is 126 cm³/mol. The van der Waals surface area contributed by atoms with Gasteiger partial charge in [-0.15, -0.1) is 0 Å². The first kappa shape index (κ1) is 20.9. The molecule has 166 valence electrons. The molecule has 5 rings (SSSR count). The number of nitrogens with one attached hydrogen (secondary N) is 2. The van der Waals surface area contributed by atoms with E-state index < -0.39 is 6.10 Å². The van der Waals surface area contributed by atoms with Crippen LogP contribution in [0.1, 0.15) is 30.1 Å². The van der Waals surface area contributed by atoms with E-state index in [0.717, 1.165) is 65.7 Å². The highest BCUT2D eigenvalue weighted by atomic mass is 16.5. The van der Waals surface area contributed by atoms with E-state index >= 15 is 0 Å². The number of rotatable bonds is 7. The Morgan fingerprint density at radius 3 is 2.81 bits per heavy atom. The Morgan fingerprint density at radius 2 is 1.97 bits per heavy atom. The number of imidazole rings is 1. The Kier molecular flexibility index (Phi) is 6.03. The van der Waals surface area contributed by atoms with Crippen molar-refractivity contribution in [2.75, 3.05) is 26.7 Å². The first-order valence-electron chi connectivity index (χ1n) is 11.2. The lowest BCUT2D eigenvalue weighted by Gasteiger charge is -2.33. The first-order valence-corrected chi connectivity index (χ1v) is 11.2. The zero-order valence-electron chi connectivity index (χ0n) is 18.3. The number of β-amino-alcohol motifs (C(OH)–C–C–N with tert-alkyl or cyclic N) is 1. The summed E-state index contributed by atoms with van der Waals surface area (Å²) in [6.45, 7) is 3.42. The summed E-state index contributed by atoms with van der Waals surface area (Å²) in [5, 5.41) is 15.6. The van der Waals surface area contributed by atoms with Crippen molar-refractivity contribution in [1.29, 1.82) is 0 Å². The Labute approximate surface area is 187 Å². The number of aliphatic hydroxyl groups is 1. The number of benzene rings is 2. The van der Waals surface area contributed by atoms with Crippen molar-refractivity contribution in [2.45, 2.75) is 31.5 Å². The number of likely N-dealkylation sites (tertiary alicyclic amines) is 1. The molecule has 1 fully saturated rings. The fourth-order valence-electron chi connectivity index (χ4n) is 4.58. The summed E-state index contributed by atoms with van der Waals surface area (Å²) in [4.78, 5) is 14.2. The van der Waals surface area contributed by atoms with Gasteiger partial charge in [0.25, 0.3) is 0 Å². The van der Waals surface area contributed by atoms with Gasteiger partial charge >= 0.3 is 0 Å². The van der Waals surface area contributed by atoms with Crippen molar-refractivity contribution in [3.05, 3.63) is 66.1 Å². The smallest absolute Gasteiger partial charge is 0.119 e. The van der Waals surface area contributed by atoms with Crippen LogP contribution in [0.3, 0.4) is 0 Å². The molecule has 7 nitrogen and oxygen atoms in total. The summed E-state index contributed by atoms with van der Waals surface area (Å²) in [6.07, 6.45) is 5.09. The second kappa shape index (κ2) is 9.24. The van der Waals surface area contributed by atoms with Gasteiger partial charge in [0.1, 0.15) is 5.75 Å². The van der Waals surface area contributed by atoms with Crippen LogP contribution in [0, 0.1) is 0 Å². The van der Waals surface area contributed by atoms with Gasteiger partial charge in [0.05, 0.1) is 36.1 Å². The van der Waals surface area contributed by atoms with Crippen molar-refractivity contribution in [3.8, 4) is 5.75 Å². The minimum atomic E-state index is -0.557. The number of fused-ring (bicyclic) bond motifs is 2. The van der Waals surface area contributed by atoms with E-state index in [9.17, 15) is 5.11 Å². The maximum atomic E-state index is 11.0. The average Bonchev–Trinajstić information content (AvgIpc) is 3.31. The molecule has 1 atom stereocenters. The number of aromatic nitrogens is 3. The highest BCUT2D eigenvalue weighted by Crippen LogP contribution is 2.27. The topological polar surface area (TPSA) is 86.3 Å². The minimum Gasteiger partial charge on any atom is -0.497 e. The molecule has 0 saturated carbocycles. The molecule has 1 saturated heterocycles. The van der Waals surface area contributed by atoms with E-state index in [1.807, 2.05) is 24.3 Å². The largest absolute Gasteiger partial charge is 0.497 e. The van der Waals surface area contributed by atoms with Gasteiger partial charge in [-0.1, -0.05) is 6.07 Å². The number of H-pyrrole nitrogens is 1. The van der Waals surface area contributed by atoms with Gasteiger partial charge in [-0.25, -0.2) is 4.98 Å². The number of nitrogens with zero attached hydrogens (tertiary/aromatic N) is 3. The van der Waals surface area contributed by atoms with E-state index in [0.29, 0.717) is 12.6 Å². The molecule has 0 spiro atoms. The van der Waals surface area contributed by atoms with Crippen LogP contribution in [-0.2, 0) is 6.54 Å². The van der Waals surface area contributed by atoms with Crippen LogP contribution >= 0.6 is 0 Å². The van der Waals surface area contributed by atoms with Gasteiger partial charge in [0.15, 0.2) is 0 Å². The van der Waals surface area contributed by atoms with Gasteiger partial charge in [0.2, 0.25) is 0 Å². The van der Waals surface area contributed by atoms with Gasteiger partial charge in [-0.05, 0) is 73.5 Å². The van der Waals surface area contributed by atoms with Gasteiger partial charge in [-0.2, -0.15) is 0 Å². The van der Waals surface area contributed by atoms with Crippen molar-refractivity contribution in [1.82, 2.24) is 25.2 Å². The fourth-order valence-corrected chi connectivity index (χ4v) is 4.58. The third-order valence-corrected chi connectivity index (χ3v) is 6.44. The lowest BCUT2D eigenvalue weighted by Crippen LogP contribution is -2.43. The van der Waals surface area contributed by atoms with Crippen molar-refractivity contribution < 1.29 is 9.84 Å². The van der Waals surface area contributed by atoms with E-state index in [2.05, 4.69) is 43.4 Å². The summed E-state index contributed by atoms with van der Waals surface area (Å²) < 4.78 is 5.36. The maximum absolute atomic E-state index is 11.0. The second-order valence-electron chi connectivity index (χ2n) is 8.51. The number of hydrogen-bond donors (Lipinski definition) is 3. The quantitative estimate of drug-likeness (QED) is 0.416. The molecule has 1 aliphatic rings. The van der Waals surface area contributed by atoms with Crippen LogP contribution in [0.15, 0.2) is 55.0 Å². The molecule has 1 unspecified atom stereocenters. The molecule has 0 radical (unpaired) electrons. The predicted octanol–water partition coefficient (Wildman–Crippen LogP) is 3.41. The van der Waals surface area contributed by atoms with Gasteiger partial charge in [-0.3, -0.25) is 4.98 Å². The third kappa shape index (κ3) is 4.46. The average molecular weight is 432 g/mol. The molecule has 1 aliphatic heterocycles. The molecule has 2 aromatic carbocycles. The first-order chi connectivity index (χ1) is 15.7. The van der Waals surface area contributed by atoms with Crippen molar-refractivity contribution >= 4 is 21.9 Å². The molecular formula is C25H29N5O2. The zero-order chi connectivity index (χ0) is 21.9. The molecular weight excluding hydrogens is 402 g/mol. The van der Waals surface area contributed by atoms with Gasteiger partial charge in [0, 0.05) is 30.7 Å². The molecule has 32 heavy (non-hydrogen) atoms. The van der Waals surface area contributed by atoms with Crippen LogP contribution in [0.2, 0.25) is 0 Å². The van der Waals surface area contributed by atoms with E-state index in [1.165, 1.54) is 5.56 Å². The van der Waals surface area contributed by atoms with Gasteiger partial charge < -0.3 is 25.0 Å². The summed E-state index contributed by atoms with van der Waals surface area (Å²) >= 11 is 0. The normalized spacial score (nSPS) is 16.6. The lowest BCUT2D eigenvalue weighted by atomic mass is 10.0. The van der Waals surface area contributed by atoms with Crippen LogP contribution < -0.4 is 10.1 Å². The zero-order valence-corrected chi connectivity index (χ0v) is 18.3. The van der Waals surface area contributed by atoms with Crippen LogP contribution in [0.25, 0.3) is 21.9 Å². The summed E-state index contributed by atoms with van der Waals surface area (Å²) in [5.74, 6) is 0.775. The number of methoxy groups -OCH3 is 1. The fraction of sp³-hybridized carbons (Fsp3) is 0.360. The Balaban J connectivity index is 1.16. The number of piperidine rings is 1. The van der Waals surface area contributed by atoms with Crippen LogP contribution in [0.5, 0.6) is 5.75 Å². The monoisotopic (exact) mass is 431 g/mol. The minimum absolute atomic E-state index is 0.492. The molecule has 0 aliphatic carbocycles. The highest BCUT2D eigenvalue weighted by molar-refractivity contribution is 5.83. The molecule has 0 amide bonds. The number of ether oxygens (including phenoxy) is 1. The molecule has 7 heteroatoms. The summed E-state index contributed by atoms with van der Waals surface area (Å²) in [7, 11) is 1.65. The molecule has 2 aromatic heterocycles. The Morgan fingerprint density at radius 1 is 1.12 bits per heavy atom. The molecule has 0 bridgehead atoms. The Bertz CT molecular complexity index is 1200. The lowest BCUT2D eigenvalue weighted by molar-refractivity contribution is 0.0949. The van der Waals surface area contributed by atoms with Crippen molar-refractivity contribution in [2.24, 2.45) is 0 Å². The van der Waals surface area contributed by atoms with Crippen LogP contribution in [0.4, 0.5) is 0 Å². The maximum Gasteiger partial charge on any atom is 0.119 e. The number of hydrogen-bond acceptors (Lipinski definition) is 6. The third-order valence-electron chi connectivity index (χ3n) is 6.44. The highest BCUT2D eigenvalue weighted by Gasteiger charge is 2.22. The number of pyridine rings is 1. The number of aromatic amines is 1. The number of aliphatic hydroxyl groups excluding tert-OH is 1. The Hall–Kier alpha value is -3.00. The molecule has 4 aromatic rings. The molecule has 3 N–H and O–H groups in total. The summed E-state index contributed by atoms with van der Waals surface area (Å²) in [6, 6.07) is 14.6. The van der Waals surface area contributed by atoms with Crippen LogP contribution in [-0.4, -0.2) is 57.7 Å². The van der Waals surface area contributed by atoms with E-state index in [1.54, 1.807) is 19.6 Å².